The molecular formula is C14H20N4O2. The number of hydrogen-bond donors (Lipinski definition) is 3. The smallest absolute Gasteiger partial charge is 0.251 e. The van der Waals surface area contributed by atoms with Gasteiger partial charge in [-0.15, -0.1) is 0 Å². The van der Waals surface area contributed by atoms with Crippen LogP contribution in [0.5, 0.6) is 0 Å². The molecule has 0 aliphatic rings. The van der Waals surface area contributed by atoms with E-state index in [1.165, 1.54) is 0 Å². The van der Waals surface area contributed by atoms with Crippen LogP contribution >= 0.6 is 0 Å². The van der Waals surface area contributed by atoms with Crippen LogP contribution < -0.4 is 5.32 Å². The monoisotopic (exact) mass is 276 g/mol. The van der Waals surface area contributed by atoms with Gasteiger partial charge in [-0.25, -0.2) is 0 Å². The van der Waals surface area contributed by atoms with Crippen LogP contribution in [0, 0.1) is 0 Å². The highest BCUT2D eigenvalue weighted by molar-refractivity contribution is 5.97. The Kier molecular flexibility index (Phi) is 4.06. The first kappa shape index (κ1) is 14.5. The molecule has 1 aromatic carbocycles. The zero-order valence-electron chi connectivity index (χ0n) is 12.0. The summed E-state index contributed by atoms with van der Waals surface area (Å²) in [4.78, 5) is 14.0. The molecule has 1 unspecified atom stereocenters. The molecule has 108 valence electrons. The molecule has 0 saturated carbocycles. The predicted molar refractivity (Wildman–Crippen MR) is 77.6 cm³/mol. The van der Waals surface area contributed by atoms with Gasteiger partial charge in [0.1, 0.15) is 0 Å². The third-order valence-corrected chi connectivity index (χ3v) is 2.99. The third kappa shape index (κ3) is 3.55. The molecule has 1 amide bonds. The van der Waals surface area contributed by atoms with Crippen molar-refractivity contribution in [2.45, 2.75) is 12.5 Å². The minimum absolute atomic E-state index is 0.199. The average molecular weight is 276 g/mol. The average Bonchev–Trinajstić information content (AvgIpc) is 2.81. The third-order valence-electron chi connectivity index (χ3n) is 2.99. The highest BCUT2D eigenvalue weighted by Crippen LogP contribution is 2.13. The van der Waals surface area contributed by atoms with Crippen LogP contribution in [0.1, 0.15) is 17.3 Å². The molecule has 0 aliphatic carbocycles. The van der Waals surface area contributed by atoms with Crippen molar-refractivity contribution in [3.8, 4) is 0 Å². The summed E-state index contributed by atoms with van der Waals surface area (Å²) < 4.78 is 0. The summed E-state index contributed by atoms with van der Waals surface area (Å²) in [6.07, 6.45) is 1.71. The quantitative estimate of drug-likeness (QED) is 0.747. The van der Waals surface area contributed by atoms with Crippen molar-refractivity contribution in [2.24, 2.45) is 0 Å². The molecular weight excluding hydrogens is 256 g/mol. The first-order valence-electron chi connectivity index (χ1n) is 6.46. The van der Waals surface area contributed by atoms with Crippen LogP contribution in [-0.2, 0) is 0 Å². The highest BCUT2D eigenvalue weighted by Gasteiger charge is 2.22. The fraction of sp³-hybridized carbons (Fsp3) is 0.429. The van der Waals surface area contributed by atoms with Gasteiger partial charge in [-0.2, -0.15) is 5.10 Å². The molecule has 0 bridgehead atoms. The van der Waals surface area contributed by atoms with E-state index in [0.29, 0.717) is 12.1 Å². The summed E-state index contributed by atoms with van der Waals surface area (Å²) in [6, 6.07) is 5.33. The summed E-state index contributed by atoms with van der Waals surface area (Å²) in [7, 11) is 3.75. The minimum atomic E-state index is -0.961. The fourth-order valence-electron chi connectivity index (χ4n) is 2.19. The van der Waals surface area contributed by atoms with Crippen molar-refractivity contribution in [3.05, 3.63) is 30.0 Å². The maximum absolute atomic E-state index is 12.1. The number of aromatic amines is 1. The number of amides is 1. The molecule has 0 fully saturated rings. The standard InChI is InChI=1S/C14H20N4O2/c1-14(20,9-18(2)3)8-15-13(19)10-4-5-11-7-16-17-12(11)6-10/h4-7,20H,8-9H2,1-3H3,(H,15,19)(H,16,17). The maximum atomic E-state index is 12.1. The van der Waals surface area contributed by atoms with E-state index >= 15 is 0 Å². The molecule has 2 aromatic rings. The summed E-state index contributed by atoms with van der Waals surface area (Å²) in [5.74, 6) is -0.208. The number of carbonyl (C=O) groups excluding carboxylic acids is 1. The van der Waals surface area contributed by atoms with Crippen LogP contribution in [0.25, 0.3) is 10.9 Å². The molecule has 0 saturated heterocycles. The fourth-order valence-corrected chi connectivity index (χ4v) is 2.19. The van der Waals surface area contributed by atoms with Crippen molar-refractivity contribution in [2.75, 3.05) is 27.2 Å². The Morgan fingerprint density at radius 3 is 2.95 bits per heavy atom. The molecule has 2 rings (SSSR count). The van der Waals surface area contributed by atoms with Gasteiger partial charge in [0, 0.05) is 24.0 Å². The predicted octanol–water partition coefficient (Wildman–Crippen LogP) is 0.605. The first-order chi connectivity index (χ1) is 9.37. The molecule has 0 spiro atoms. The summed E-state index contributed by atoms with van der Waals surface area (Å²) in [5.41, 5.74) is 0.400. The number of nitrogens with zero attached hydrogens (tertiary/aromatic N) is 2. The van der Waals surface area contributed by atoms with Crippen molar-refractivity contribution >= 4 is 16.8 Å². The molecule has 1 atom stereocenters. The van der Waals surface area contributed by atoms with E-state index in [-0.39, 0.29) is 12.5 Å². The molecule has 3 N–H and O–H groups in total. The van der Waals surface area contributed by atoms with Crippen molar-refractivity contribution in [3.63, 3.8) is 0 Å². The number of H-pyrrole nitrogens is 1. The Bertz CT molecular complexity index is 604. The van der Waals surface area contributed by atoms with Crippen LogP contribution in [0.3, 0.4) is 0 Å². The van der Waals surface area contributed by atoms with Gasteiger partial charge in [0.2, 0.25) is 0 Å². The number of benzene rings is 1. The van der Waals surface area contributed by atoms with E-state index in [9.17, 15) is 9.90 Å². The second kappa shape index (κ2) is 5.60. The number of fused-ring (bicyclic) bond motifs is 1. The van der Waals surface area contributed by atoms with Gasteiger partial charge in [-0.05, 0) is 33.2 Å². The lowest BCUT2D eigenvalue weighted by atomic mass is 10.1. The summed E-state index contributed by atoms with van der Waals surface area (Å²) in [5, 5.41) is 20.6. The Labute approximate surface area is 117 Å². The van der Waals surface area contributed by atoms with E-state index < -0.39 is 5.60 Å². The van der Waals surface area contributed by atoms with Gasteiger partial charge in [0.25, 0.3) is 5.91 Å². The number of hydrogen-bond acceptors (Lipinski definition) is 4. The van der Waals surface area contributed by atoms with E-state index in [1.54, 1.807) is 25.3 Å². The molecule has 20 heavy (non-hydrogen) atoms. The topological polar surface area (TPSA) is 81.2 Å². The second-order valence-corrected chi connectivity index (χ2v) is 5.59. The van der Waals surface area contributed by atoms with Gasteiger partial charge in [-0.1, -0.05) is 6.07 Å². The number of nitrogens with one attached hydrogen (secondary N) is 2. The Balaban J connectivity index is 2.01. The Hall–Kier alpha value is -1.92. The zero-order valence-corrected chi connectivity index (χ0v) is 12.0. The first-order valence-corrected chi connectivity index (χ1v) is 6.46. The Morgan fingerprint density at radius 1 is 1.50 bits per heavy atom. The van der Waals surface area contributed by atoms with Crippen molar-refractivity contribution in [1.29, 1.82) is 0 Å². The molecule has 0 radical (unpaired) electrons. The summed E-state index contributed by atoms with van der Waals surface area (Å²) >= 11 is 0. The van der Waals surface area contributed by atoms with Crippen LogP contribution in [0.15, 0.2) is 24.4 Å². The van der Waals surface area contributed by atoms with E-state index in [4.69, 9.17) is 0 Å². The van der Waals surface area contributed by atoms with Crippen LogP contribution in [0.2, 0.25) is 0 Å². The minimum Gasteiger partial charge on any atom is -0.387 e. The van der Waals surface area contributed by atoms with Gasteiger partial charge in [0.05, 0.1) is 17.3 Å². The molecule has 0 aliphatic heterocycles. The normalized spacial score (nSPS) is 14.4. The Morgan fingerprint density at radius 2 is 2.25 bits per heavy atom. The number of carbonyl (C=O) groups is 1. The zero-order chi connectivity index (χ0) is 14.8. The van der Waals surface area contributed by atoms with Gasteiger partial charge < -0.3 is 15.3 Å². The number of likely N-dealkylation sites (N-methyl/N-ethyl adjacent to an activating group) is 1. The molecule has 1 heterocycles. The summed E-state index contributed by atoms with van der Waals surface area (Å²) in [6.45, 7) is 2.38. The highest BCUT2D eigenvalue weighted by atomic mass is 16.3. The van der Waals surface area contributed by atoms with Crippen LogP contribution in [0.4, 0.5) is 0 Å². The van der Waals surface area contributed by atoms with Gasteiger partial charge >= 0.3 is 0 Å². The maximum Gasteiger partial charge on any atom is 0.251 e. The van der Waals surface area contributed by atoms with Crippen molar-refractivity contribution < 1.29 is 9.90 Å². The lowest BCUT2D eigenvalue weighted by Crippen LogP contribution is -2.47. The SMILES string of the molecule is CN(C)CC(C)(O)CNC(=O)c1ccc2cn[nH]c2c1. The van der Waals surface area contributed by atoms with Gasteiger partial charge in [0.15, 0.2) is 0 Å². The van der Waals surface area contributed by atoms with Gasteiger partial charge in [-0.3, -0.25) is 9.89 Å². The van der Waals surface area contributed by atoms with Crippen molar-refractivity contribution in [1.82, 2.24) is 20.4 Å². The largest absolute Gasteiger partial charge is 0.387 e. The number of aromatic nitrogens is 2. The lowest BCUT2D eigenvalue weighted by molar-refractivity contribution is 0.0326. The number of aliphatic hydroxyl groups is 1. The van der Waals surface area contributed by atoms with E-state index in [0.717, 1.165) is 10.9 Å². The number of rotatable bonds is 5. The molecule has 6 nitrogen and oxygen atoms in total. The second-order valence-electron chi connectivity index (χ2n) is 5.59. The van der Waals surface area contributed by atoms with E-state index in [2.05, 4.69) is 15.5 Å². The lowest BCUT2D eigenvalue weighted by Gasteiger charge is -2.27. The van der Waals surface area contributed by atoms with E-state index in [1.807, 2.05) is 25.1 Å². The molecule has 6 heteroatoms. The van der Waals surface area contributed by atoms with Crippen LogP contribution in [-0.4, -0.2) is 58.9 Å². The molecule has 1 aromatic heterocycles.